The van der Waals surface area contributed by atoms with Crippen molar-refractivity contribution in [3.63, 3.8) is 0 Å². The fraction of sp³-hybridized carbons (Fsp3) is 0.158. The van der Waals surface area contributed by atoms with Crippen molar-refractivity contribution in [2.75, 3.05) is 16.9 Å². The first-order valence-electron chi connectivity index (χ1n) is 8.28. The molecule has 0 radical (unpaired) electrons. The van der Waals surface area contributed by atoms with E-state index in [0.29, 0.717) is 27.2 Å². The first kappa shape index (κ1) is 20.3. The number of aryl methyl sites for hydroxylation is 1. The molecule has 0 aliphatic rings. The molecule has 2 N–H and O–H groups in total. The number of thiazole rings is 1. The molecule has 2 aromatic carbocycles. The van der Waals surface area contributed by atoms with E-state index in [0.717, 1.165) is 11.8 Å². The second kappa shape index (κ2) is 8.30. The summed E-state index contributed by atoms with van der Waals surface area (Å²) in [6.07, 6.45) is 1.30. The molecule has 0 saturated heterocycles. The number of carbonyl (C=O) groups excluding carboxylic acids is 1. The van der Waals surface area contributed by atoms with Crippen molar-refractivity contribution in [2.24, 2.45) is 0 Å². The van der Waals surface area contributed by atoms with E-state index in [2.05, 4.69) is 15.6 Å². The number of nitrogens with zero attached hydrogens (tertiary/aromatic N) is 1. The summed E-state index contributed by atoms with van der Waals surface area (Å²) in [6.45, 7) is 1.90. The molecule has 0 fully saturated rings. The molecule has 1 aromatic heterocycles. The number of anilines is 3. The Morgan fingerprint density at radius 2 is 1.82 bits per heavy atom. The summed E-state index contributed by atoms with van der Waals surface area (Å²) in [4.78, 5) is 16.9. The van der Waals surface area contributed by atoms with Crippen LogP contribution < -0.4 is 10.6 Å². The van der Waals surface area contributed by atoms with Crippen LogP contribution in [0.2, 0.25) is 5.02 Å². The number of nitrogens with one attached hydrogen (secondary N) is 2. The van der Waals surface area contributed by atoms with E-state index in [4.69, 9.17) is 11.6 Å². The van der Waals surface area contributed by atoms with E-state index in [1.165, 1.54) is 23.5 Å². The van der Waals surface area contributed by atoms with E-state index in [-0.39, 0.29) is 17.2 Å². The van der Waals surface area contributed by atoms with Gasteiger partial charge in [-0.15, -0.1) is 11.3 Å². The number of sulfone groups is 1. The van der Waals surface area contributed by atoms with Gasteiger partial charge in [0.2, 0.25) is 5.91 Å². The van der Waals surface area contributed by atoms with Gasteiger partial charge in [-0.2, -0.15) is 0 Å². The van der Waals surface area contributed by atoms with Crippen LogP contribution in [0, 0.1) is 6.92 Å². The quantitative estimate of drug-likeness (QED) is 0.597. The summed E-state index contributed by atoms with van der Waals surface area (Å²) < 4.78 is 23.0. The van der Waals surface area contributed by atoms with Gasteiger partial charge in [0.1, 0.15) is 0 Å². The Kier molecular flexibility index (Phi) is 6.02. The maximum Gasteiger partial charge on any atom is 0.230 e. The molecular formula is C19H18ClN3O3S2. The molecule has 0 aliphatic carbocycles. The molecule has 6 nitrogen and oxygen atoms in total. The predicted molar refractivity (Wildman–Crippen MR) is 113 cm³/mol. The highest BCUT2D eigenvalue weighted by atomic mass is 35.5. The third-order valence-corrected chi connectivity index (χ3v) is 6.22. The Hall–Kier alpha value is -2.42. The molecule has 0 spiro atoms. The Labute approximate surface area is 172 Å². The average Bonchev–Trinajstić information content (AvgIpc) is 3.04. The van der Waals surface area contributed by atoms with Crippen LogP contribution in [0.1, 0.15) is 11.3 Å². The van der Waals surface area contributed by atoms with Crippen LogP contribution in [-0.4, -0.2) is 25.6 Å². The molecule has 3 aromatic rings. The van der Waals surface area contributed by atoms with Gasteiger partial charge in [0.25, 0.3) is 0 Å². The molecule has 0 saturated carbocycles. The summed E-state index contributed by atoms with van der Waals surface area (Å²) in [6, 6.07) is 11.8. The summed E-state index contributed by atoms with van der Waals surface area (Å²) >= 11 is 7.43. The molecule has 9 heteroatoms. The van der Waals surface area contributed by atoms with Crippen molar-refractivity contribution in [1.29, 1.82) is 0 Å². The van der Waals surface area contributed by atoms with Crippen LogP contribution in [0.15, 0.2) is 52.7 Å². The Morgan fingerprint density at radius 1 is 1.14 bits per heavy atom. The number of halogens is 1. The molecule has 146 valence electrons. The van der Waals surface area contributed by atoms with Crippen molar-refractivity contribution >= 4 is 55.2 Å². The largest absolute Gasteiger partial charge is 0.332 e. The maximum absolute atomic E-state index is 12.2. The van der Waals surface area contributed by atoms with Crippen LogP contribution >= 0.6 is 22.9 Å². The monoisotopic (exact) mass is 435 g/mol. The second-order valence-corrected chi connectivity index (χ2v) is 9.54. The molecule has 0 atom stereocenters. The summed E-state index contributed by atoms with van der Waals surface area (Å²) in [5.41, 5.74) is 2.93. The number of carbonyl (C=O) groups is 1. The minimum Gasteiger partial charge on any atom is -0.332 e. The van der Waals surface area contributed by atoms with Crippen molar-refractivity contribution in [3.8, 4) is 0 Å². The fourth-order valence-electron chi connectivity index (χ4n) is 2.39. The van der Waals surface area contributed by atoms with E-state index in [1.807, 2.05) is 13.0 Å². The Balaban J connectivity index is 1.60. The molecular weight excluding hydrogens is 418 g/mol. The zero-order valence-electron chi connectivity index (χ0n) is 15.2. The van der Waals surface area contributed by atoms with Gasteiger partial charge in [-0.25, -0.2) is 13.4 Å². The number of amides is 1. The molecule has 1 heterocycles. The zero-order chi connectivity index (χ0) is 20.3. The van der Waals surface area contributed by atoms with Crippen molar-refractivity contribution in [1.82, 2.24) is 4.98 Å². The minimum atomic E-state index is -3.23. The van der Waals surface area contributed by atoms with Gasteiger partial charge in [-0.1, -0.05) is 17.7 Å². The molecule has 1 amide bonds. The summed E-state index contributed by atoms with van der Waals surface area (Å²) in [5, 5.41) is 8.92. The van der Waals surface area contributed by atoms with Gasteiger partial charge >= 0.3 is 0 Å². The number of hydrogen-bond donors (Lipinski definition) is 2. The highest BCUT2D eigenvalue weighted by Crippen LogP contribution is 2.23. The smallest absolute Gasteiger partial charge is 0.230 e. The van der Waals surface area contributed by atoms with Gasteiger partial charge in [-0.05, 0) is 48.9 Å². The van der Waals surface area contributed by atoms with E-state index in [1.54, 1.807) is 29.6 Å². The molecule has 0 bridgehead atoms. The van der Waals surface area contributed by atoms with Crippen LogP contribution in [0.25, 0.3) is 0 Å². The minimum absolute atomic E-state index is 0.136. The molecule has 0 unspecified atom stereocenters. The third-order valence-electron chi connectivity index (χ3n) is 3.88. The number of rotatable bonds is 6. The van der Waals surface area contributed by atoms with Crippen molar-refractivity contribution in [2.45, 2.75) is 18.2 Å². The lowest BCUT2D eigenvalue weighted by molar-refractivity contribution is -0.115. The predicted octanol–water partition coefficient (Wildman–Crippen LogP) is 4.43. The van der Waals surface area contributed by atoms with E-state index in [9.17, 15) is 13.2 Å². The van der Waals surface area contributed by atoms with Gasteiger partial charge in [-0.3, -0.25) is 4.79 Å². The third kappa shape index (κ3) is 5.31. The Morgan fingerprint density at radius 3 is 2.46 bits per heavy atom. The Bertz CT molecular complexity index is 1110. The van der Waals surface area contributed by atoms with Crippen LogP contribution in [0.5, 0.6) is 0 Å². The fourth-order valence-corrected chi connectivity index (χ4v) is 3.94. The van der Waals surface area contributed by atoms with E-state index < -0.39 is 9.84 Å². The van der Waals surface area contributed by atoms with Gasteiger partial charge < -0.3 is 10.6 Å². The second-order valence-electron chi connectivity index (χ2n) is 6.25. The molecule has 28 heavy (non-hydrogen) atoms. The first-order chi connectivity index (χ1) is 13.2. The first-order valence-corrected chi connectivity index (χ1v) is 11.4. The standard InChI is InChI=1S/C19H18ClN3O3S2/c1-12-3-4-14(9-17(12)20)21-18(24)10-15-11-27-19(23-15)22-13-5-7-16(8-6-13)28(2,25)26/h3-9,11H,10H2,1-2H3,(H,21,24)(H,22,23). The molecule has 3 rings (SSSR count). The topological polar surface area (TPSA) is 88.2 Å². The SMILES string of the molecule is Cc1ccc(NC(=O)Cc2csc(Nc3ccc(S(C)(=O)=O)cc3)n2)cc1Cl. The van der Waals surface area contributed by atoms with Crippen molar-refractivity contribution < 1.29 is 13.2 Å². The van der Waals surface area contributed by atoms with Gasteiger partial charge in [0.15, 0.2) is 15.0 Å². The highest BCUT2D eigenvalue weighted by molar-refractivity contribution is 7.90. The normalized spacial score (nSPS) is 11.2. The van der Waals surface area contributed by atoms with Gasteiger partial charge in [0.05, 0.1) is 17.0 Å². The van der Waals surface area contributed by atoms with Gasteiger partial charge in [0, 0.05) is 28.0 Å². The van der Waals surface area contributed by atoms with E-state index >= 15 is 0 Å². The summed E-state index contributed by atoms with van der Waals surface area (Å²) in [5.74, 6) is -0.186. The lowest BCUT2D eigenvalue weighted by atomic mass is 10.2. The highest BCUT2D eigenvalue weighted by Gasteiger charge is 2.10. The summed E-state index contributed by atoms with van der Waals surface area (Å²) in [7, 11) is -3.23. The average molecular weight is 436 g/mol. The number of hydrogen-bond acceptors (Lipinski definition) is 6. The van der Waals surface area contributed by atoms with Crippen LogP contribution in [0.4, 0.5) is 16.5 Å². The van der Waals surface area contributed by atoms with Crippen LogP contribution in [0.3, 0.4) is 0 Å². The molecule has 0 aliphatic heterocycles. The zero-order valence-corrected chi connectivity index (χ0v) is 17.6. The number of aromatic nitrogens is 1. The maximum atomic E-state index is 12.2. The number of benzene rings is 2. The van der Waals surface area contributed by atoms with Crippen LogP contribution in [-0.2, 0) is 21.1 Å². The van der Waals surface area contributed by atoms with Crippen molar-refractivity contribution in [3.05, 3.63) is 64.1 Å². The lowest BCUT2D eigenvalue weighted by Gasteiger charge is -2.06. The lowest BCUT2D eigenvalue weighted by Crippen LogP contribution is -2.14.